The Kier molecular flexibility index (Phi) is 5.86. The number of carboxylic acid groups (broad SMARTS) is 1. The number of nitrogens with one attached hydrogen (secondary N) is 1. The molecular weight excluding hydrogens is 354 g/mol. The summed E-state index contributed by atoms with van der Waals surface area (Å²) in [5.41, 5.74) is -0.277. The average molecular weight is 371 g/mol. The molecule has 2 aromatic rings. The minimum Gasteiger partial charge on any atom is -0.507 e. The third-order valence-electron chi connectivity index (χ3n) is 3.70. The third-order valence-corrected chi connectivity index (χ3v) is 3.70. The standard InChI is InChI=1S/C18H17N3O6/c1-10-8-14(23)16(18(27)21(10)2)13(22)7-6-11-4-3-5-12(20-11)17(26)19-9-15(24)25/h3-8,23H,9H2,1-2H3,(H,19,26)(H,24,25)/b7-6+. The third kappa shape index (κ3) is 4.66. The van der Waals surface area contributed by atoms with Gasteiger partial charge >= 0.3 is 5.97 Å². The van der Waals surface area contributed by atoms with Gasteiger partial charge in [-0.2, -0.15) is 0 Å². The van der Waals surface area contributed by atoms with Crippen LogP contribution in [-0.4, -0.2) is 44.0 Å². The summed E-state index contributed by atoms with van der Waals surface area (Å²) < 4.78 is 1.24. The van der Waals surface area contributed by atoms with Gasteiger partial charge in [-0.15, -0.1) is 0 Å². The predicted octanol–water partition coefficient (Wildman–Crippen LogP) is 0.505. The zero-order valence-electron chi connectivity index (χ0n) is 14.6. The number of carboxylic acids is 1. The van der Waals surface area contributed by atoms with E-state index in [0.717, 1.165) is 6.08 Å². The van der Waals surface area contributed by atoms with Crippen LogP contribution in [0, 0.1) is 6.92 Å². The second-order valence-electron chi connectivity index (χ2n) is 5.63. The summed E-state index contributed by atoms with van der Waals surface area (Å²) in [6.45, 7) is 1.07. The number of carbonyl (C=O) groups is 3. The quantitative estimate of drug-likeness (QED) is 0.496. The number of pyridine rings is 2. The second kappa shape index (κ2) is 8.09. The summed E-state index contributed by atoms with van der Waals surface area (Å²) >= 11 is 0. The zero-order valence-corrected chi connectivity index (χ0v) is 14.6. The van der Waals surface area contributed by atoms with Crippen molar-refractivity contribution in [2.75, 3.05) is 6.54 Å². The largest absolute Gasteiger partial charge is 0.507 e. The molecule has 0 aliphatic heterocycles. The molecule has 0 saturated carbocycles. The number of carbonyl (C=O) groups excluding carboxylic acids is 2. The van der Waals surface area contributed by atoms with Crippen molar-refractivity contribution < 1.29 is 24.6 Å². The first kappa shape index (κ1) is 19.6. The molecule has 0 aliphatic rings. The van der Waals surface area contributed by atoms with Gasteiger partial charge in [0.2, 0.25) is 0 Å². The maximum Gasteiger partial charge on any atom is 0.322 e. The molecular formula is C18H17N3O6. The molecule has 2 rings (SSSR count). The SMILES string of the molecule is Cc1cc(O)c(C(=O)/C=C/c2cccc(C(=O)NCC(=O)O)n2)c(=O)n1C. The van der Waals surface area contributed by atoms with E-state index in [1.54, 1.807) is 6.92 Å². The van der Waals surface area contributed by atoms with Gasteiger partial charge in [-0.05, 0) is 31.2 Å². The molecule has 0 radical (unpaired) electrons. The molecule has 9 nitrogen and oxygen atoms in total. The Morgan fingerprint density at radius 2 is 2.00 bits per heavy atom. The van der Waals surface area contributed by atoms with Crippen LogP contribution in [-0.2, 0) is 11.8 Å². The smallest absolute Gasteiger partial charge is 0.322 e. The van der Waals surface area contributed by atoms with Crippen LogP contribution in [0.25, 0.3) is 6.08 Å². The second-order valence-corrected chi connectivity index (χ2v) is 5.63. The lowest BCUT2D eigenvalue weighted by atomic mass is 10.1. The molecule has 0 unspecified atom stereocenters. The molecule has 27 heavy (non-hydrogen) atoms. The molecule has 0 spiro atoms. The van der Waals surface area contributed by atoms with Gasteiger partial charge in [0, 0.05) is 18.8 Å². The first-order valence-corrected chi connectivity index (χ1v) is 7.79. The lowest BCUT2D eigenvalue weighted by Crippen LogP contribution is -2.29. The zero-order chi connectivity index (χ0) is 20.1. The highest BCUT2D eigenvalue weighted by Gasteiger charge is 2.16. The van der Waals surface area contributed by atoms with Gasteiger partial charge in [-0.1, -0.05) is 6.07 Å². The molecule has 2 aromatic heterocycles. The van der Waals surface area contributed by atoms with Crippen molar-refractivity contribution in [1.29, 1.82) is 0 Å². The van der Waals surface area contributed by atoms with E-state index in [1.165, 1.54) is 42.0 Å². The molecule has 1 amide bonds. The van der Waals surface area contributed by atoms with Gasteiger partial charge in [0.1, 0.15) is 23.6 Å². The Morgan fingerprint density at radius 3 is 2.67 bits per heavy atom. The molecule has 9 heteroatoms. The number of allylic oxidation sites excluding steroid dienone is 1. The van der Waals surface area contributed by atoms with E-state index in [4.69, 9.17) is 5.11 Å². The number of ketones is 1. The van der Waals surface area contributed by atoms with E-state index < -0.39 is 35.5 Å². The number of rotatable bonds is 6. The summed E-state index contributed by atoms with van der Waals surface area (Å²) in [5, 5.41) is 20.6. The maximum atomic E-state index is 12.3. The average Bonchev–Trinajstić information content (AvgIpc) is 2.62. The topological polar surface area (TPSA) is 139 Å². The number of hydrogen-bond donors (Lipinski definition) is 3. The Hall–Kier alpha value is -3.75. The molecule has 0 fully saturated rings. The van der Waals surface area contributed by atoms with E-state index in [-0.39, 0.29) is 17.0 Å². The van der Waals surface area contributed by atoms with Crippen molar-refractivity contribution in [2.24, 2.45) is 7.05 Å². The maximum absolute atomic E-state index is 12.3. The minimum atomic E-state index is -1.19. The van der Waals surface area contributed by atoms with Crippen molar-refractivity contribution in [2.45, 2.75) is 6.92 Å². The Morgan fingerprint density at radius 1 is 1.30 bits per heavy atom. The van der Waals surface area contributed by atoms with Crippen LogP contribution in [0.15, 0.2) is 35.1 Å². The summed E-state index contributed by atoms with van der Waals surface area (Å²) in [4.78, 5) is 50.8. The van der Waals surface area contributed by atoms with Crippen LogP contribution >= 0.6 is 0 Å². The summed E-state index contributed by atoms with van der Waals surface area (Å²) in [6, 6.07) is 5.73. The minimum absolute atomic E-state index is 0.0278. The van der Waals surface area contributed by atoms with Gasteiger partial charge in [0.25, 0.3) is 11.5 Å². The van der Waals surface area contributed by atoms with E-state index in [9.17, 15) is 24.3 Å². The number of aryl methyl sites for hydroxylation is 1. The Labute approximate surface area is 153 Å². The lowest BCUT2D eigenvalue weighted by Gasteiger charge is -2.07. The van der Waals surface area contributed by atoms with Crippen molar-refractivity contribution in [3.8, 4) is 5.75 Å². The van der Waals surface area contributed by atoms with Crippen LogP contribution in [0.2, 0.25) is 0 Å². The Balaban J connectivity index is 2.24. The van der Waals surface area contributed by atoms with Crippen LogP contribution in [0.3, 0.4) is 0 Å². The van der Waals surface area contributed by atoms with Gasteiger partial charge < -0.3 is 20.1 Å². The first-order valence-electron chi connectivity index (χ1n) is 7.79. The number of aliphatic carboxylic acids is 1. The number of amides is 1. The molecule has 0 atom stereocenters. The van der Waals surface area contributed by atoms with E-state index in [2.05, 4.69) is 10.3 Å². The molecule has 0 bridgehead atoms. The normalized spacial score (nSPS) is 10.7. The monoisotopic (exact) mass is 371 g/mol. The predicted molar refractivity (Wildman–Crippen MR) is 95.7 cm³/mol. The number of aromatic hydroxyl groups is 1. The molecule has 0 saturated heterocycles. The summed E-state index contributed by atoms with van der Waals surface area (Å²) in [6.07, 6.45) is 2.35. The van der Waals surface area contributed by atoms with Crippen molar-refractivity contribution in [3.63, 3.8) is 0 Å². The van der Waals surface area contributed by atoms with Gasteiger partial charge in [-0.25, -0.2) is 4.98 Å². The fourth-order valence-electron chi connectivity index (χ4n) is 2.20. The van der Waals surface area contributed by atoms with E-state index in [0.29, 0.717) is 5.69 Å². The lowest BCUT2D eigenvalue weighted by molar-refractivity contribution is -0.135. The van der Waals surface area contributed by atoms with Gasteiger partial charge in [0.05, 0.1) is 5.69 Å². The molecule has 0 aliphatic carbocycles. The van der Waals surface area contributed by atoms with Crippen molar-refractivity contribution in [3.05, 3.63) is 63.3 Å². The van der Waals surface area contributed by atoms with E-state index >= 15 is 0 Å². The highest BCUT2D eigenvalue weighted by atomic mass is 16.4. The fraction of sp³-hybridized carbons (Fsp3) is 0.167. The molecule has 140 valence electrons. The summed E-state index contributed by atoms with van der Waals surface area (Å²) in [7, 11) is 1.48. The van der Waals surface area contributed by atoms with E-state index in [1.807, 2.05) is 0 Å². The van der Waals surface area contributed by atoms with Crippen molar-refractivity contribution in [1.82, 2.24) is 14.9 Å². The fourth-order valence-corrected chi connectivity index (χ4v) is 2.20. The first-order chi connectivity index (χ1) is 12.7. The number of nitrogens with zero attached hydrogens (tertiary/aromatic N) is 2. The highest BCUT2D eigenvalue weighted by Crippen LogP contribution is 2.15. The summed E-state index contributed by atoms with van der Waals surface area (Å²) in [5.74, 6) is -3.00. The van der Waals surface area contributed by atoms with Crippen LogP contribution in [0.5, 0.6) is 5.75 Å². The van der Waals surface area contributed by atoms with Crippen LogP contribution < -0.4 is 10.9 Å². The molecule has 3 N–H and O–H groups in total. The van der Waals surface area contributed by atoms with Crippen LogP contribution in [0.4, 0.5) is 0 Å². The highest BCUT2D eigenvalue weighted by molar-refractivity contribution is 6.08. The van der Waals surface area contributed by atoms with Crippen molar-refractivity contribution >= 4 is 23.7 Å². The molecule has 2 heterocycles. The van der Waals surface area contributed by atoms with Gasteiger partial charge in [0.15, 0.2) is 5.78 Å². The molecule has 0 aromatic carbocycles. The number of aromatic nitrogens is 2. The van der Waals surface area contributed by atoms with Crippen LogP contribution in [0.1, 0.15) is 32.2 Å². The van der Waals surface area contributed by atoms with Gasteiger partial charge in [-0.3, -0.25) is 19.2 Å². The Bertz CT molecular complexity index is 1010. The number of hydrogen-bond acceptors (Lipinski definition) is 6.